The molecule has 0 N–H and O–H groups in total. The topological polar surface area (TPSA) is 69.9 Å². The maximum atomic E-state index is 13.4. The summed E-state index contributed by atoms with van der Waals surface area (Å²) < 4.78 is 13.0. The second-order valence-corrected chi connectivity index (χ2v) is 8.97. The van der Waals surface area contributed by atoms with Crippen LogP contribution in [0.5, 0.6) is 5.75 Å². The van der Waals surface area contributed by atoms with Crippen molar-refractivity contribution in [2.45, 2.75) is 19.9 Å². The average Bonchev–Trinajstić information content (AvgIpc) is 3.40. The van der Waals surface area contributed by atoms with Crippen LogP contribution in [0.15, 0.2) is 75.5 Å². The predicted molar refractivity (Wildman–Crippen MR) is 127 cm³/mol. The van der Waals surface area contributed by atoms with Crippen LogP contribution in [0.25, 0.3) is 6.08 Å². The molecule has 1 aliphatic heterocycles. The number of ether oxygens (including phenoxy) is 2. The van der Waals surface area contributed by atoms with Crippen molar-refractivity contribution in [3.8, 4) is 5.75 Å². The molecule has 4 rings (SSSR count). The normalized spacial score (nSPS) is 15.8. The molecule has 2 aromatic heterocycles. The van der Waals surface area contributed by atoms with Crippen LogP contribution in [0.1, 0.15) is 30.3 Å². The lowest BCUT2D eigenvalue weighted by Gasteiger charge is -2.24. The quantitative estimate of drug-likeness (QED) is 0.395. The second-order valence-electron chi connectivity index (χ2n) is 6.99. The van der Waals surface area contributed by atoms with Crippen molar-refractivity contribution in [3.63, 3.8) is 0 Å². The van der Waals surface area contributed by atoms with Crippen molar-refractivity contribution in [2.75, 3.05) is 13.2 Å². The van der Waals surface area contributed by atoms with Gasteiger partial charge in [-0.2, -0.15) is 0 Å². The summed E-state index contributed by atoms with van der Waals surface area (Å²) in [6, 6.07) is 10.6. The van der Waals surface area contributed by atoms with Crippen molar-refractivity contribution in [1.82, 2.24) is 4.57 Å². The lowest BCUT2D eigenvalue weighted by atomic mass is 9.96. The predicted octanol–water partition coefficient (Wildman–Crippen LogP) is 3.42. The standard InChI is InChI=1S/C24H22N2O4S2/c1-4-12-30-17-10-8-16(9-11-17)21-20(23(28)29-5-2)15(3)25-24-26(21)22(27)19(32-24)14-18-7-6-13-31-18/h4,6-11,13-14,21H,1,5,12H2,2-3H3. The molecule has 0 aliphatic carbocycles. The number of allylic oxidation sites excluding steroid dienone is 1. The molecule has 0 fully saturated rings. The second kappa shape index (κ2) is 9.50. The first-order valence-electron chi connectivity index (χ1n) is 10.1. The zero-order chi connectivity index (χ0) is 22.7. The Balaban J connectivity index is 1.88. The smallest absolute Gasteiger partial charge is 0.338 e. The number of benzene rings is 1. The van der Waals surface area contributed by atoms with Gasteiger partial charge >= 0.3 is 5.97 Å². The fourth-order valence-electron chi connectivity index (χ4n) is 3.51. The highest BCUT2D eigenvalue weighted by atomic mass is 32.1. The van der Waals surface area contributed by atoms with Crippen LogP contribution >= 0.6 is 22.7 Å². The van der Waals surface area contributed by atoms with E-state index in [0.717, 1.165) is 10.4 Å². The van der Waals surface area contributed by atoms with E-state index >= 15 is 0 Å². The van der Waals surface area contributed by atoms with Gasteiger partial charge in [-0.25, -0.2) is 9.79 Å². The molecule has 0 radical (unpaired) electrons. The number of carbonyl (C=O) groups is 1. The number of esters is 1. The van der Waals surface area contributed by atoms with Crippen molar-refractivity contribution in [3.05, 3.63) is 95.8 Å². The number of thiazole rings is 1. The first kappa shape index (κ1) is 22.0. The number of aromatic nitrogens is 1. The minimum atomic E-state index is -0.635. The molecule has 1 unspecified atom stereocenters. The van der Waals surface area contributed by atoms with E-state index in [1.807, 2.05) is 47.9 Å². The molecule has 0 amide bonds. The Kier molecular flexibility index (Phi) is 6.53. The van der Waals surface area contributed by atoms with Crippen LogP contribution in [-0.2, 0) is 9.53 Å². The highest BCUT2D eigenvalue weighted by Crippen LogP contribution is 2.31. The van der Waals surface area contributed by atoms with Crippen molar-refractivity contribution in [2.24, 2.45) is 4.99 Å². The molecule has 6 nitrogen and oxygen atoms in total. The van der Waals surface area contributed by atoms with E-state index < -0.39 is 12.0 Å². The molecule has 1 atom stereocenters. The van der Waals surface area contributed by atoms with Gasteiger partial charge in [0.2, 0.25) is 0 Å². The summed E-state index contributed by atoms with van der Waals surface area (Å²) in [6.45, 7) is 7.81. The van der Waals surface area contributed by atoms with Gasteiger partial charge in [0.15, 0.2) is 4.80 Å². The minimum Gasteiger partial charge on any atom is -0.490 e. The minimum absolute atomic E-state index is 0.187. The molecule has 3 heterocycles. The number of hydrogen-bond acceptors (Lipinski definition) is 7. The molecular weight excluding hydrogens is 444 g/mol. The van der Waals surface area contributed by atoms with Gasteiger partial charge in [0.1, 0.15) is 12.4 Å². The van der Waals surface area contributed by atoms with Crippen LogP contribution < -0.4 is 19.6 Å². The third kappa shape index (κ3) is 4.24. The zero-order valence-electron chi connectivity index (χ0n) is 17.7. The SMILES string of the molecule is C=CCOc1ccc(C2C(C(=O)OCC)=C(C)N=c3sc(=Cc4cccs4)c(=O)n32)cc1. The molecular formula is C24H22N2O4S2. The largest absolute Gasteiger partial charge is 0.490 e. The summed E-state index contributed by atoms with van der Waals surface area (Å²) in [4.78, 5) is 32.5. The third-order valence-corrected chi connectivity index (χ3v) is 6.70. The molecule has 0 saturated carbocycles. The number of carbonyl (C=O) groups excluding carboxylic acids is 1. The van der Waals surface area contributed by atoms with Gasteiger partial charge in [-0.3, -0.25) is 9.36 Å². The summed E-state index contributed by atoms with van der Waals surface area (Å²) in [5.74, 6) is 0.204. The number of nitrogens with zero attached hydrogens (tertiary/aromatic N) is 2. The van der Waals surface area contributed by atoms with Crippen LogP contribution in [0.3, 0.4) is 0 Å². The Morgan fingerprint density at radius 1 is 1.28 bits per heavy atom. The van der Waals surface area contributed by atoms with Gasteiger partial charge in [-0.15, -0.1) is 11.3 Å². The number of thiophene rings is 1. The van der Waals surface area contributed by atoms with E-state index in [4.69, 9.17) is 9.47 Å². The van der Waals surface area contributed by atoms with Crippen LogP contribution in [-0.4, -0.2) is 23.8 Å². The van der Waals surface area contributed by atoms with E-state index in [0.29, 0.717) is 33.0 Å². The first-order valence-corrected chi connectivity index (χ1v) is 11.8. The molecule has 1 aromatic carbocycles. The Morgan fingerprint density at radius 2 is 2.06 bits per heavy atom. The molecule has 32 heavy (non-hydrogen) atoms. The lowest BCUT2D eigenvalue weighted by molar-refractivity contribution is -0.139. The van der Waals surface area contributed by atoms with E-state index in [1.165, 1.54) is 11.3 Å². The zero-order valence-corrected chi connectivity index (χ0v) is 19.4. The molecule has 3 aromatic rings. The number of rotatable bonds is 7. The monoisotopic (exact) mass is 466 g/mol. The van der Waals surface area contributed by atoms with Crippen LogP contribution in [0.4, 0.5) is 0 Å². The summed E-state index contributed by atoms with van der Waals surface area (Å²) >= 11 is 2.87. The van der Waals surface area contributed by atoms with Gasteiger partial charge in [0.25, 0.3) is 5.56 Å². The number of fused-ring (bicyclic) bond motifs is 1. The highest BCUT2D eigenvalue weighted by Gasteiger charge is 2.33. The highest BCUT2D eigenvalue weighted by molar-refractivity contribution is 7.11. The van der Waals surface area contributed by atoms with E-state index in [1.54, 1.807) is 35.8 Å². The first-order chi connectivity index (χ1) is 15.5. The van der Waals surface area contributed by atoms with Gasteiger partial charge in [-0.1, -0.05) is 42.2 Å². The Labute approximate surface area is 193 Å². The average molecular weight is 467 g/mol. The van der Waals surface area contributed by atoms with Crippen molar-refractivity contribution < 1.29 is 14.3 Å². The Hall–Kier alpha value is -3.23. The Morgan fingerprint density at radius 3 is 2.72 bits per heavy atom. The maximum absolute atomic E-state index is 13.4. The molecule has 0 bridgehead atoms. The summed E-state index contributed by atoms with van der Waals surface area (Å²) in [6.07, 6.45) is 3.53. The molecule has 0 saturated heterocycles. The molecule has 1 aliphatic rings. The summed E-state index contributed by atoms with van der Waals surface area (Å²) in [5.41, 5.74) is 1.50. The maximum Gasteiger partial charge on any atom is 0.338 e. The van der Waals surface area contributed by atoms with E-state index in [-0.39, 0.29) is 12.2 Å². The lowest BCUT2D eigenvalue weighted by Crippen LogP contribution is -2.39. The Bertz CT molecular complexity index is 1350. The van der Waals surface area contributed by atoms with Gasteiger partial charge in [-0.05, 0) is 49.1 Å². The molecule has 164 valence electrons. The van der Waals surface area contributed by atoms with Gasteiger partial charge in [0.05, 0.1) is 28.5 Å². The van der Waals surface area contributed by atoms with Crippen molar-refractivity contribution >= 4 is 34.7 Å². The fraction of sp³-hybridized carbons (Fsp3) is 0.208. The van der Waals surface area contributed by atoms with Crippen LogP contribution in [0.2, 0.25) is 0 Å². The van der Waals surface area contributed by atoms with Crippen LogP contribution in [0, 0.1) is 0 Å². The summed E-state index contributed by atoms with van der Waals surface area (Å²) in [7, 11) is 0. The van der Waals surface area contributed by atoms with E-state index in [2.05, 4.69) is 11.6 Å². The van der Waals surface area contributed by atoms with Gasteiger partial charge < -0.3 is 9.47 Å². The van der Waals surface area contributed by atoms with E-state index in [9.17, 15) is 9.59 Å². The molecule has 0 spiro atoms. The van der Waals surface area contributed by atoms with Gasteiger partial charge in [0, 0.05) is 4.88 Å². The summed E-state index contributed by atoms with van der Waals surface area (Å²) in [5, 5.41) is 1.96. The van der Waals surface area contributed by atoms with Crippen molar-refractivity contribution in [1.29, 1.82) is 0 Å². The number of hydrogen-bond donors (Lipinski definition) is 0. The fourth-order valence-corrected chi connectivity index (χ4v) is 5.28. The molecule has 8 heteroatoms. The third-order valence-electron chi connectivity index (χ3n) is 4.90.